The standard InChI is InChI=1S/C15H21N5O4/c1-14(2,3)24-13(22)20-7-10-4-15(20,8-18-10)12-16-5-9(6-17-12)11(21)19-23/h5-6,10,18,23H,4,7-8H2,1-3H3,(H,19,21)/t10-,15-/m0/s1. The fraction of sp³-hybridized carbons (Fsp3) is 0.600. The van der Waals surface area contributed by atoms with Crippen molar-refractivity contribution in [3.63, 3.8) is 0 Å². The average molecular weight is 335 g/mol. The Morgan fingerprint density at radius 2 is 2.08 bits per heavy atom. The van der Waals surface area contributed by atoms with E-state index in [1.165, 1.54) is 17.9 Å². The molecule has 0 aliphatic carbocycles. The van der Waals surface area contributed by atoms with Gasteiger partial charge in [0, 0.05) is 31.5 Å². The maximum absolute atomic E-state index is 12.6. The number of rotatable bonds is 2. The van der Waals surface area contributed by atoms with Crippen LogP contribution in [0.25, 0.3) is 0 Å². The number of fused-ring (bicyclic) bond motifs is 2. The first-order valence-electron chi connectivity index (χ1n) is 7.76. The Labute approximate surface area is 139 Å². The topological polar surface area (TPSA) is 117 Å². The van der Waals surface area contributed by atoms with E-state index in [2.05, 4.69) is 15.3 Å². The fourth-order valence-corrected chi connectivity index (χ4v) is 3.20. The van der Waals surface area contributed by atoms with Crippen LogP contribution in [-0.4, -0.2) is 56.8 Å². The number of piperazine rings is 1. The van der Waals surface area contributed by atoms with Gasteiger partial charge in [-0.2, -0.15) is 0 Å². The minimum atomic E-state index is -0.683. The van der Waals surface area contributed by atoms with Gasteiger partial charge in [0.2, 0.25) is 0 Å². The van der Waals surface area contributed by atoms with E-state index in [1.807, 2.05) is 20.8 Å². The maximum Gasteiger partial charge on any atom is 0.411 e. The van der Waals surface area contributed by atoms with Crippen molar-refractivity contribution in [3.8, 4) is 0 Å². The fourth-order valence-electron chi connectivity index (χ4n) is 3.20. The van der Waals surface area contributed by atoms with Crippen LogP contribution in [0.5, 0.6) is 0 Å². The Bertz CT molecular complexity index is 657. The molecule has 2 bridgehead atoms. The van der Waals surface area contributed by atoms with Gasteiger partial charge in [-0.15, -0.1) is 0 Å². The van der Waals surface area contributed by atoms with Crippen LogP contribution in [0.1, 0.15) is 43.4 Å². The van der Waals surface area contributed by atoms with Crippen molar-refractivity contribution in [1.82, 2.24) is 25.7 Å². The molecule has 24 heavy (non-hydrogen) atoms. The minimum absolute atomic E-state index is 0.141. The first-order valence-corrected chi connectivity index (χ1v) is 7.76. The molecule has 0 saturated carbocycles. The van der Waals surface area contributed by atoms with Crippen LogP contribution >= 0.6 is 0 Å². The van der Waals surface area contributed by atoms with Crippen LogP contribution in [0.3, 0.4) is 0 Å². The number of carbonyl (C=O) groups excluding carboxylic acids is 2. The Morgan fingerprint density at radius 3 is 2.62 bits per heavy atom. The van der Waals surface area contributed by atoms with Gasteiger partial charge in [-0.05, 0) is 27.2 Å². The second-order valence-electron chi connectivity index (χ2n) is 7.14. The Morgan fingerprint density at radius 1 is 1.42 bits per heavy atom. The highest BCUT2D eigenvalue weighted by atomic mass is 16.6. The van der Waals surface area contributed by atoms with Gasteiger partial charge in [0.25, 0.3) is 5.91 Å². The van der Waals surface area contributed by atoms with E-state index in [9.17, 15) is 9.59 Å². The molecular formula is C15H21N5O4. The summed E-state index contributed by atoms with van der Waals surface area (Å²) >= 11 is 0. The molecule has 3 heterocycles. The molecule has 0 spiro atoms. The van der Waals surface area contributed by atoms with Gasteiger partial charge in [0.15, 0.2) is 5.82 Å². The molecule has 9 heteroatoms. The van der Waals surface area contributed by atoms with Crippen LogP contribution in [0.15, 0.2) is 12.4 Å². The molecule has 2 aliphatic rings. The van der Waals surface area contributed by atoms with Crippen LogP contribution in [0.4, 0.5) is 4.79 Å². The number of ether oxygens (including phenoxy) is 1. The number of hydrogen-bond donors (Lipinski definition) is 3. The molecule has 2 fully saturated rings. The zero-order chi connectivity index (χ0) is 17.5. The summed E-state index contributed by atoms with van der Waals surface area (Å²) in [6.45, 7) is 6.52. The quantitative estimate of drug-likeness (QED) is 0.529. The molecule has 2 atom stereocenters. The highest BCUT2D eigenvalue weighted by Gasteiger charge is 2.56. The van der Waals surface area contributed by atoms with Crippen molar-refractivity contribution < 1.29 is 19.5 Å². The highest BCUT2D eigenvalue weighted by molar-refractivity contribution is 5.92. The number of carbonyl (C=O) groups is 2. The van der Waals surface area contributed by atoms with Crippen molar-refractivity contribution in [1.29, 1.82) is 0 Å². The Balaban J connectivity index is 1.88. The first kappa shape index (κ1) is 16.6. The Kier molecular flexibility index (Phi) is 3.92. The van der Waals surface area contributed by atoms with Crippen LogP contribution in [0, 0.1) is 0 Å². The summed E-state index contributed by atoms with van der Waals surface area (Å²) in [6.07, 6.45) is 2.97. The molecule has 1 aromatic rings. The van der Waals surface area contributed by atoms with E-state index in [0.29, 0.717) is 25.3 Å². The van der Waals surface area contributed by atoms with Crippen molar-refractivity contribution >= 4 is 12.0 Å². The van der Waals surface area contributed by atoms with Gasteiger partial charge in [-0.3, -0.25) is 14.9 Å². The summed E-state index contributed by atoms with van der Waals surface area (Å²) in [5.74, 6) is -0.229. The molecule has 2 amide bonds. The van der Waals surface area contributed by atoms with Gasteiger partial charge >= 0.3 is 6.09 Å². The van der Waals surface area contributed by atoms with Crippen molar-refractivity contribution in [2.45, 2.75) is 44.4 Å². The average Bonchev–Trinajstić information content (AvgIpc) is 3.12. The molecule has 0 radical (unpaired) electrons. The summed E-state index contributed by atoms with van der Waals surface area (Å²) < 4.78 is 5.51. The predicted molar refractivity (Wildman–Crippen MR) is 82.3 cm³/mol. The maximum atomic E-state index is 12.6. The number of aromatic nitrogens is 2. The lowest BCUT2D eigenvalue weighted by molar-refractivity contribution is 0.00298. The van der Waals surface area contributed by atoms with E-state index < -0.39 is 23.1 Å². The largest absolute Gasteiger partial charge is 0.444 e. The lowest BCUT2D eigenvalue weighted by Crippen LogP contribution is -2.55. The van der Waals surface area contributed by atoms with Crippen LogP contribution < -0.4 is 10.8 Å². The van der Waals surface area contributed by atoms with E-state index in [-0.39, 0.29) is 11.6 Å². The van der Waals surface area contributed by atoms with E-state index in [4.69, 9.17) is 9.94 Å². The van der Waals surface area contributed by atoms with Crippen LogP contribution in [0.2, 0.25) is 0 Å². The predicted octanol–water partition coefficient (Wildman–Crippen LogP) is 0.404. The monoisotopic (exact) mass is 335 g/mol. The summed E-state index contributed by atoms with van der Waals surface area (Å²) in [5.41, 5.74) is 0.414. The summed E-state index contributed by atoms with van der Waals surface area (Å²) in [7, 11) is 0. The normalized spacial score (nSPS) is 25.7. The molecule has 9 nitrogen and oxygen atoms in total. The third kappa shape index (κ3) is 2.80. The minimum Gasteiger partial charge on any atom is -0.444 e. The summed E-state index contributed by atoms with van der Waals surface area (Å²) in [5, 5.41) is 12.0. The molecule has 2 aliphatic heterocycles. The zero-order valence-corrected chi connectivity index (χ0v) is 13.9. The SMILES string of the molecule is CC(C)(C)OC(=O)N1C[C@@H]2C[C@@]1(c1ncc(C(=O)NO)cn1)CN2. The lowest BCUT2D eigenvalue weighted by Gasteiger charge is -2.38. The second kappa shape index (κ2) is 5.67. The number of hydroxylamine groups is 1. The highest BCUT2D eigenvalue weighted by Crippen LogP contribution is 2.42. The molecule has 1 aromatic heterocycles. The number of hydrogen-bond acceptors (Lipinski definition) is 7. The number of likely N-dealkylation sites (tertiary alicyclic amines) is 1. The molecule has 3 N–H and O–H groups in total. The van der Waals surface area contributed by atoms with Crippen molar-refractivity contribution in [2.24, 2.45) is 0 Å². The third-order valence-electron chi connectivity index (χ3n) is 4.23. The van der Waals surface area contributed by atoms with E-state index in [1.54, 1.807) is 4.90 Å². The molecule has 0 aromatic carbocycles. The smallest absolute Gasteiger partial charge is 0.411 e. The summed E-state index contributed by atoms with van der Waals surface area (Å²) in [4.78, 5) is 34.1. The molecule has 130 valence electrons. The first-order chi connectivity index (χ1) is 11.2. The second-order valence-corrected chi connectivity index (χ2v) is 7.14. The van der Waals surface area contributed by atoms with Gasteiger partial charge in [-0.1, -0.05) is 0 Å². The van der Waals surface area contributed by atoms with Crippen molar-refractivity contribution in [2.75, 3.05) is 13.1 Å². The molecule has 3 rings (SSSR count). The molecule has 2 saturated heterocycles. The summed E-state index contributed by atoms with van der Waals surface area (Å²) in [6, 6.07) is 0.168. The van der Waals surface area contributed by atoms with Gasteiger partial charge in [0.05, 0.1) is 5.56 Å². The molecule has 0 unspecified atom stereocenters. The van der Waals surface area contributed by atoms with E-state index >= 15 is 0 Å². The number of nitrogens with zero attached hydrogens (tertiary/aromatic N) is 3. The van der Waals surface area contributed by atoms with E-state index in [0.717, 1.165) is 0 Å². The van der Waals surface area contributed by atoms with Crippen molar-refractivity contribution in [3.05, 3.63) is 23.8 Å². The number of nitrogens with one attached hydrogen (secondary N) is 2. The number of amides is 2. The molecular weight excluding hydrogens is 314 g/mol. The zero-order valence-electron chi connectivity index (χ0n) is 13.9. The Hall–Kier alpha value is -2.26. The van der Waals surface area contributed by atoms with Crippen LogP contribution in [-0.2, 0) is 10.3 Å². The van der Waals surface area contributed by atoms with Gasteiger partial charge in [0.1, 0.15) is 11.1 Å². The van der Waals surface area contributed by atoms with Gasteiger partial charge < -0.3 is 10.1 Å². The third-order valence-corrected chi connectivity index (χ3v) is 4.23. The lowest BCUT2D eigenvalue weighted by atomic mass is 9.97. The van der Waals surface area contributed by atoms with Gasteiger partial charge in [-0.25, -0.2) is 20.2 Å².